The molecule has 2 rings (SSSR count). The maximum absolute atomic E-state index is 5.77. The van der Waals surface area contributed by atoms with Crippen molar-refractivity contribution < 1.29 is 4.74 Å². The van der Waals surface area contributed by atoms with Crippen molar-refractivity contribution in [1.82, 2.24) is 5.32 Å². The van der Waals surface area contributed by atoms with Gasteiger partial charge in [0.15, 0.2) is 0 Å². The van der Waals surface area contributed by atoms with Crippen LogP contribution in [0.25, 0.3) is 0 Å². The maximum Gasteiger partial charge on any atom is 0.119 e. The van der Waals surface area contributed by atoms with Crippen LogP contribution in [0.4, 0.5) is 0 Å². The Balaban J connectivity index is 1.62. The van der Waals surface area contributed by atoms with Gasteiger partial charge >= 0.3 is 0 Å². The summed E-state index contributed by atoms with van der Waals surface area (Å²) in [6.07, 6.45) is 3.69. The topological polar surface area (TPSA) is 47.3 Å². The van der Waals surface area contributed by atoms with E-state index in [9.17, 15) is 0 Å². The second-order valence-corrected chi connectivity index (χ2v) is 5.86. The third-order valence-electron chi connectivity index (χ3n) is 3.59. The summed E-state index contributed by atoms with van der Waals surface area (Å²) in [6.45, 7) is 6.24. The van der Waals surface area contributed by atoms with Crippen molar-refractivity contribution in [3.05, 3.63) is 29.8 Å². The molecule has 0 aromatic heterocycles. The Hall–Kier alpha value is -1.06. The molecular weight excluding hydrogens is 236 g/mol. The highest BCUT2D eigenvalue weighted by molar-refractivity contribution is 5.27. The minimum absolute atomic E-state index is 0.237. The Morgan fingerprint density at radius 3 is 2.53 bits per heavy atom. The number of hydrogen-bond acceptors (Lipinski definition) is 3. The molecule has 0 bridgehead atoms. The molecular formula is C16H26N2O. The molecule has 3 heteroatoms. The van der Waals surface area contributed by atoms with E-state index < -0.39 is 0 Å². The van der Waals surface area contributed by atoms with E-state index in [0.29, 0.717) is 6.04 Å². The second kappa shape index (κ2) is 6.92. The van der Waals surface area contributed by atoms with Gasteiger partial charge in [0.1, 0.15) is 5.75 Å². The van der Waals surface area contributed by atoms with Crippen LogP contribution in [0.15, 0.2) is 24.3 Å². The molecule has 3 N–H and O–H groups in total. The first kappa shape index (κ1) is 14.4. The highest BCUT2D eigenvalue weighted by Gasteiger charge is 2.24. The molecule has 0 unspecified atom stereocenters. The zero-order valence-corrected chi connectivity index (χ0v) is 12.1. The first-order chi connectivity index (χ1) is 9.13. The first-order valence-corrected chi connectivity index (χ1v) is 7.35. The Labute approximate surface area is 116 Å². The van der Waals surface area contributed by atoms with Crippen molar-refractivity contribution in [3.63, 3.8) is 0 Å². The SMILES string of the molecule is CC(C)Oc1ccc(CCNCC2CC(N)C2)cc1. The molecule has 3 nitrogen and oxygen atoms in total. The van der Waals surface area contributed by atoms with Crippen LogP contribution in [0.5, 0.6) is 5.75 Å². The van der Waals surface area contributed by atoms with Crippen LogP contribution >= 0.6 is 0 Å². The van der Waals surface area contributed by atoms with E-state index in [4.69, 9.17) is 10.5 Å². The predicted molar refractivity (Wildman–Crippen MR) is 79.5 cm³/mol. The predicted octanol–water partition coefficient (Wildman–Crippen LogP) is 2.34. The lowest BCUT2D eigenvalue weighted by molar-refractivity contribution is 0.242. The first-order valence-electron chi connectivity index (χ1n) is 7.35. The summed E-state index contributed by atoms with van der Waals surface area (Å²) in [4.78, 5) is 0. The number of rotatable bonds is 7. The fraction of sp³-hybridized carbons (Fsp3) is 0.625. The van der Waals surface area contributed by atoms with Gasteiger partial charge in [0, 0.05) is 6.04 Å². The summed E-state index contributed by atoms with van der Waals surface area (Å²) >= 11 is 0. The summed E-state index contributed by atoms with van der Waals surface area (Å²) in [5.74, 6) is 1.76. The van der Waals surface area contributed by atoms with Crippen LogP contribution in [0, 0.1) is 5.92 Å². The lowest BCUT2D eigenvalue weighted by Gasteiger charge is -2.32. The van der Waals surface area contributed by atoms with Gasteiger partial charge in [-0.3, -0.25) is 0 Å². The van der Waals surface area contributed by atoms with Crippen LogP contribution in [0.1, 0.15) is 32.3 Å². The molecule has 19 heavy (non-hydrogen) atoms. The molecule has 1 aliphatic rings. The maximum atomic E-state index is 5.77. The molecule has 0 aliphatic heterocycles. The van der Waals surface area contributed by atoms with Crippen LogP contribution < -0.4 is 15.8 Å². The number of nitrogens with two attached hydrogens (primary N) is 1. The Bertz CT molecular complexity index is 369. The van der Waals surface area contributed by atoms with E-state index >= 15 is 0 Å². The van der Waals surface area contributed by atoms with Crippen LogP contribution in [-0.4, -0.2) is 25.2 Å². The van der Waals surface area contributed by atoms with Crippen LogP contribution in [-0.2, 0) is 6.42 Å². The largest absolute Gasteiger partial charge is 0.491 e. The zero-order valence-electron chi connectivity index (χ0n) is 12.1. The third-order valence-corrected chi connectivity index (χ3v) is 3.59. The quantitative estimate of drug-likeness (QED) is 0.742. The van der Waals surface area contributed by atoms with Crippen molar-refractivity contribution in [2.24, 2.45) is 11.7 Å². The van der Waals surface area contributed by atoms with E-state index in [1.165, 1.54) is 18.4 Å². The van der Waals surface area contributed by atoms with Crippen LogP contribution in [0.2, 0.25) is 0 Å². The number of nitrogens with one attached hydrogen (secondary N) is 1. The van der Waals surface area contributed by atoms with Gasteiger partial charge in [0.25, 0.3) is 0 Å². The molecule has 1 aromatic carbocycles. The van der Waals surface area contributed by atoms with Gasteiger partial charge in [0.05, 0.1) is 6.10 Å². The average molecular weight is 262 g/mol. The lowest BCUT2D eigenvalue weighted by atomic mass is 9.81. The van der Waals surface area contributed by atoms with Crippen molar-refractivity contribution in [2.75, 3.05) is 13.1 Å². The second-order valence-electron chi connectivity index (χ2n) is 5.86. The lowest BCUT2D eigenvalue weighted by Crippen LogP contribution is -2.41. The van der Waals surface area contributed by atoms with Gasteiger partial charge < -0.3 is 15.8 Å². The Morgan fingerprint density at radius 1 is 1.26 bits per heavy atom. The summed E-state index contributed by atoms with van der Waals surface area (Å²) < 4.78 is 5.63. The molecule has 0 amide bonds. The summed E-state index contributed by atoms with van der Waals surface area (Å²) in [5, 5.41) is 3.52. The fourth-order valence-electron chi connectivity index (χ4n) is 2.50. The van der Waals surface area contributed by atoms with Gasteiger partial charge in [-0.1, -0.05) is 12.1 Å². The molecule has 106 valence electrons. The molecule has 1 fully saturated rings. The molecule has 0 radical (unpaired) electrons. The van der Waals surface area contributed by atoms with Crippen molar-refractivity contribution in [1.29, 1.82) is 0 Å². The monoisotopic (exact) mass is 262 g/mol. The standard InChI is InChI=1S/C16H26N2O/c1-12(2)19-16-5-3-13(4-6-16)7-8-18-11-14-9-15(17)10-14/h3-6,12,14-15,18H,7-11,17H2,1-2H3. The fourth-order valence-corrected chi connectivity index (χ4v) is 2.50. The van der Waals surface area contributed by atoms with Gasteiger partial charge in [-0.15, -0.1) is 0 Å². The Kier molecular flexibility index (Phi) is 5.23. The summed E-state index contributed by atoms with van der Waals surface area (Å²) in [5.41, 5.74) is 7.13. The minimum atomic E-state index is 0.237. The Morgan fingerprint density at radius 2 is 1.95 bits per heavy atom. The van der Waals surface area contributed by atoms with Gasteiger partial charge in [0.2, 0.25) is 0 Å². The van der Waals surface area contributed by atoms with E-state index in [0.717, 1.165) is 31.2 Å². The highest BCUT2D eigenvalue weighted by Crippen LogP contribution is 2.24. The summed E-state index contributed by atoms with van der Waals surface area (Å²) in [7, 11) is 0. The van der Waals surface area contributed by atoms with Crippen molar-refractivity contribution in [2.45, 2.75) is 45.3 Å². The molecule has 0 saturated heterocycles. The zero-order chi connectivity index (χ0) is 13.7. The van der Waals surface area contributed by atoms with E-state index in [2.05, 4.69) is 29.6 Å². The summed E-state index contributed by atoms with van der Waals surface area (Å²) in [6, 6.07) is 8.87. The normalized spacial score (nSPS) is 22.3. The molecule has 1 saturated carbocycles. The molecule has 1 aromatic rings. The molecule has 0 spiro atoms. The number of hydrogen-bond donors (Lipinski definition) is 2. The van der Waals surface area contributed by atoms with E-state index in [1.807, 2.05) is 13.8 Å². The van der Waals surface area contributed by atoms with E-state index in [-0.39, 0.29) is 6.10 Å². The third kappa shape index (κ3) is 4.84. The van der Waals surface area contributed by atoms with Crippen LogP contribution in [0.3, 0.4) is 0 Å². The molecule has 0 atom stereocenters. The van der Waals surface area contributed by atoms with Gasteiger partial charge in [-0.2, -0.15) is 0 Å². The molecule has 1 aliphatic carbocycles. The van der Waals surface area contributed by atoms with E-state index in [1.54, 1.807) is 0 Å². The average Bonchev–Trinajstić information content (AvgIpc) is 2.33. The van der Waals surface area contributed by atoms with Gasteiger partial charge in [-0.05, 0) is 69.8 Å². The van der Waals surface area contributed by atoms with Gasteiger partial charge in [-0.25, -0.2) is 0 Å². The number of benzene rings is 1. The van der Waals surface area contributed by atoms with Crippen molar-refractivity contribution in [3.8, 4) is 5.75 Å². The molecule has 0 heterocycles. The van der Waals surface area contributed by atoms with Crippen molar-refractivity contribution >= 4 is 0 Å². The highest BCUT2D eigenvalue weighted by atomic mass is 16.5. The minimum Gasteiger partial charge on any atom is -0.491 e. The smallest absolute Gasteiger partial charge is 0.119 e. The number of ether oxygens (including phenoxy) is 1.